The van der Waals surface area contributed by atoms with E-state index in [1.54, 1.807) is 28.4 Å². The van der Waals surface area contributed by atoms with Gasteiger partial charge in [0.2, 0.25) is 0 Å². The van der Waals surface area contributed by atoms with E-state index in [1.165, 1.54) is 6.07 Å². The van der Waals surface area contributed by atoms with Gasteiger partial charge in [-0.1, -0.05) is 46.4 Å². The van der Waals surface area contributed by atoms with E-state index in [0.717, 1.165) is 61.5 Å². The van der Waals surface area contributed by atoms with Crippen LogP contribution >= 0.6 is 94.2 Å². The monoisotopic (exact) mass is 2110 g/mol. The van der Waals surface area contributed by atoms with Crippen LogP contribution < -0.4 is 51.4 Å². The Kier molecular flexibility index (Phi) is 30.8. The topological polar surface area (TPSA) is 287 Å². The Labute approximate surface area is 813 Å². The number of carbonyl (C=O) groups excluding carboxylic acids is 3. The van der Waals surface area contributed by atoms with Gasteiger partial charge in [-0.3, -0.25) is 28.4 Å². The second-order valence-electron chi connectivity index (χ2n) is 39.3. The normalized spacial score (nSPS) is 24.3. The molecule has 10 aliphatic rings. The molecule has 0 N–H and O–H groups in total. The molecule has 0 unspecified atom stereocenters. The quantitative estimate of drug-likeness (QED) is 0.0814. The Morgan fingerprint density at radius 1 is 0.409 bits per heavy atom. The molecule has 0 spiro atoms. The molecular weight excluding hydrogens is 1990 g/mol. The minimum atomic E-state index is -0.881. The summed E-state index contributed by atoms with van der Waals surface area (Å²) in [4.78, 5) is 112. The first-order chi connectivity index (χ1) is 62.0. The van der Waals surface area contributed by atoms with Crippen molar-refractivity contribution in [2.24, 2.45) is 0 Å². The fraction of sp³-hybridized carbons (Fsp3) is 0.633. The van der Waals surface area contributed by atoms with Crippen LogP contribution in [-0.4, -0.2) is 304 Å². The predicted octanol–water partition coefficient (Wildman–Crippen LogP) is 14.1. The van der Waals surface area contributed by atoms with Crippen LogP contribution in [0, 0.1) is 11.6 Å². The van der Waals surface area contributed by atoms with Crippen molar-refractivity contribution in [2.45, 2.75) is 234 Å². The van der Waals surface area contributed by atoms with Gasteiger partial charge in [-0.2, -0.15) is 15.0 Å². The third-order valence-corrected chi connectivity index (χ3v) is 29.8. The summed E-state index contributed by atoms with van der Waals surface area (Å²) in [5.74, 6) is 1.78. The molecule has 3 aromatic heterocycles. The van der Waals surface area contributed by atoms with Crippen molar-refractivity contribution in [3.05, 3.63) is 107 Å². The molecule has 13 heterocycles. The largest absolute Gasteiger partial charge is 0.497 e. The number of hydrogen-bond acceptors (Lipinski definition) is 26. The van der Waals surface area contributed by atoms with Gasteiger partial charge in [-0.15, -0.1) is 0 Å². The van der Waals surface area contributed by atoms with Gasteiger partial charge in [0, 0.05) is 162 Å². The summed E-state index contributed by atoms with van der Waals surface area (Å²) in [6.45, 7) is 50.3. The average Bonchev–Trinajstić information content (AvgIpc) is 1.26. The average molecular weight is 2110 g/mol. The zero-order chi connectivity index (χ0) is 95.8. The minimum Gasteiger partial charge on any atom is -0.488 e. The van der Waals surface area contributed by atoms with Crippen LogP contribution in [0.1, 0.15) is 132 Å². The van der Waals surface area contributed by atoms with E-state index in [9.17, 15) is 37.5 Å². The van der Waals surface area contributed by atoms with Crippen molar-refractivity contribution < 1.29 is 75.1 Å². The third kappa shape index (κ3) is 21.8. The number of morpholine rings is 3. The molecule has 722 valence electrons. The van der Waals surface area contributed by atoms with E-state index in [1.807, 2.05) is 150 Å². The molecule has 17 rings (SSSR count). The molecule has 42 heteroatoms. The second kappa shape index (κ2) is 40.3. The third-order valence-electron chi connectivity index (χ3n) is 25.6. The lowest BCUT2D eigenvalue weighted by atomic mass is 9.78. The van der Waals surface area contributed by atoms with Crippen molar-refractivity contribution in [2.75, 3.05) is 153 Å². The fourth-order valence-corrected chi connectivity index (χ4v) is 20.1. The van der Waals surface area contributed by atoms with Gasteiger partial charge in [-0.05, 0) is 204 Å². The van der Waals surface area contributed by atoms with Gasteiger partial charge in [-0.25, -0.2) is 37.5 Å². The van der Waals surface area contributed by atoms with E-state index in [-0.39, 0.29) is 100 Å². The number of aromatic nitrogens is 6. The van der Waals surface area contributed by atoms with E-state index in [0.29, 0.717) is 198 Å². The summed E-state index contributed by atoms with van der Waals surface area (Å²) in [6, 6.07) is 6.71. The van der Waals surface area contributed by atoms with Gasteiger partial charge < -0.3 is 81.3 Å². The number of anilines is 3. The lowest BCUT2D eigenvalue weighted by Crippen LogP contribution is -2.59. The molecule has 0 bridgehead atoms. The highest BCUT2D eigenvalue weighted by Crippen LogP contribution is 2.48. The highest BCUT2D eigenvalue weighted by molar-refractivity contribution is 9.11. The molecule has 132 heavy (non-hydrogen) atoms. The Bertz CT molecular complexity index is 5210. The molecule has 7 saturated heterocycles. The number of hydrogen-bond donors (Lipinski definition) is 0. The highest BCUT2D eigenvalue weighted by Gasteiger charge is 2.53. The lowest BCUT2D eigenvalue weighted by molar-refractivity contribution is 0.00324. The Morgan fingerprint density at radius 3 is 0.947 bits per heavy atom. The van der Waals surface area contributed by atoms with Crippen LogP contribution in [0.2, 0.25) is 20.1 Å². The number of benzene rings is 4. The SMILES string of the molecule is CC1(C)OB(c2cc(Cl)c(F)cc2F)OC1(C)C.C[C@@H]1CN(c2nc(=O)n3c4c(c(Br)c(Cl)cc24)OC[C@@H](N2CCOCC2)C3)[C@@H](C)CN1C(=O)OC(C)(C)C.C[C@@H]1CN(c2nc(=O)n3c4c(c(Br)c(Cl)cc24)OC[C@H](N2CCOCC2)C3)[C@@H](C)CN1C(=O)OC(C)(C)C.C[C@@H]1CN(c2nc(=O)n3c4c(c(Br)c(Cl)cc24)OC[C@H](N2CCOCC2)C3)[C@@H](C)CN1C(=O)OC(C)(C)C. The van der Waals surface area contributed by atoms with Crippen LogP contribution in [0.4, 0.5) is 40.6 Å². The van der Waals surface area contributed by atoms with Gasteiger partial charge in [0.05, 0.1) is 119 Å². The van der Waals surface area contributed by atoms with Crippen LogP contribution in [0.3, 0.4) is 0 Å². The summed E-state index contributed by atoms with van der Waals surface area (Å²) >= 11 is 36.5. The zero-order valence-electron chi connectivity index (χ0n) is 78.2. The molecule has 10 aliphatic heterocycles. The summed E-state index contributed by atoms with van der Waals surface area (Å²) in [5.41, 5.74) is -1.73. The van der Waals surface area contributed by atoms with Crippen molar-refractivity contribution in [1.82, 2.24) is 58.1 Å². The molecular formula is C90H119BBr3Cl4F2N15O17. The zero-order valence-corrected chi connectivity index (χ0v) is 86.0. The molecule has 7 aromatic rings. The van der Waals surface area contributed by atoms with E-state index in [4.69, 9.17) is 98.3 Å². The van der Waals surface area contributed by atoms with Crippen molar-refractivity contribution in [3.63, 3.8) is 0 Å². The molecule has 3 amide bonds. The molecule has 32 nitrogen and oxygen atoms in total. The predicted molar refractivity (Wildman–Crippen MR) is 516 cm³/mol. The molecule has 9 atom stereocenters. The van der Waals surface area contributed by atoms with Crippen LogP contribution in [-0.2, 0) is 57.4 Å². The van der Waals surface area contributed by atoms with Gasteiger partial charge in [0.1, 0.15) is 65.7 Å². The molecule has 0 saturated carbocycles. The first-order valence-corrected chi connectivity index (χ1v) is 48.8. The molecule has 7 fully saturated rings. The van der Waals surface area contributed by atoms with Gasteiger partial charge in [0.15, 0.2) is 17.2 Å². The Balaban J connectivity index is 0.000000146. The highest BCUT2D eigenvalue weighted by atomic mass is 79.9. The van der Waals surface area contributed by atoms with E-state index < -0.39 is 46.8 Å². The van der Waals surface area contributed by atoms with Crippen LogP contribution in [0.15, 0.2) is 58.1 Å². The number of carbonyl (C=O) groups is 3. The standard InChI is InChI=1S/3C26H35BrClN5O5.C12H14BClF2O2/c3*1-15-12-32(25(35)38-26(3,4)5)16(2)11-31(15)23-18-10-19(28)20(27)22-21(18)33(24(34)29-23)13-17(14-37-22)30-6-8-36-9-7-30;1-11(2)12(3,4)18-13(17-11)7-5-8(14)10(16)6-9(7)15/h3*10,15-17H,6-9,11-14H2,1-5H3;5-6H,1-4H3/t2*15-,16+,17+;15-,16+,17-;/m000./s1. The van der Waals surface area contributed by atoms with Crippen molar-refractivity contribution in [1.29, 1.82) is 0 Å². The number of nitrogens with zero attached hydrogens (tertiary/aromatic N) is 15. The maximum Gasteiger partial charge on any atom is 0.497 e. The Morgan fingerprint density at radius 2 is 0.682 bits per heavy atom. The minimum absolute atomic E-state index is 0.00171. The molecule has 4 aromatic carbocycles. The smallest absolute Gasteiger partial charge is 0.488 e. The first kappa shape index (κ1) is 101. The van der Waals surface area contributed by atoms with Crippen molar-refractivity contribution in [3.8, 4) is 17.2 Å². The van der Waals surface area contributed by atoms with E-state index >= 15 is 0 Å². The number of amides is 3. The summed E-state index contributed by atoms with van der Waals surface area (Å²) in [6.07, 6.45) is -1.02. The summed E-state index contributed by atoms with van der Waals surface area (Å²) in [5, 5.41) is 3.55. The fourth-order valence-electron chi connectivity index (χ4n) is 18.1. The maximum atomic E-state index is 13.7. The lowest BCUT2D eigenvalue weighted by Gasteiger charge is -2.45. The van der Waals surface area contributed by atoms with Gasteiger partial charge in [0.25, 0.3) is 0 Å². The van der Waals surface area contributed by atoms with Crippen LogP contribution in [0.5, 0.6) is 17.2 Å². The first-order valence-electron chi connectivity index (χ1n) is 44.9. The maximum absolute atomic E-state index is 13.7. The van der Waals surface area contributed by atoms with Gasteiger partial charge >= 0.3 is 42.5 Å². The Hall–Kier alpha value is -6.89. The molecule has 0 aliphatic carbocycles. The molecule has 0 radical (unpaired) electrons. The second-order valence-corrected chi connectivity index (χ2v) is 43.4. The number of ether oxygens (including phenoxy) is 9. The van der Waals surface area contributed by atoms with Crippen LogP contribution in [0.25, 0.3) is 32.7 Å². The summed E-state index contributed by atoms with van der Waals surface area (Å²) < 4.78 is 97.7. The number of halogens is 9. The van der Waals surface area contributed by atoms with E-state index in [2.05, 4.69) is 92.1 Å². The van der Waals surface area contributed by atoms with Crippen molar-refractivity contribution >= 4 is 175 Å². The number of rotatable bonds is 7. The number of piperazine rings is 3. The summed E-state index contributed by atoms with van der Waals surface area (Å²) in [7, 11) is -0.881.